The quantitative estimate of drug-likeness (QED) is 0.440. The number of likely N-dealkylation sites (N-methyl/N-ethyl adjacent to an activating group) is 1. The van der Waals surface area contributed by atoms with E-state index in [4.69, 9.17) is 14.0 Å². The highest BCUT2D eigenvalue weighted by Gasteiger charge is 2.16. The Bertz CT molecular complexity index is 1180. The van der Waals surface area contributed by atoms with E-state index in [-0.39, 0.29) is 19.1 Å². The average molecular weight is 475 g/mol. The summed E-state index contributed by atoms with van der Waals surface area (Å²) in [6.07, 6.45) is 1.12. The zero-order chi connectivity index (χ0) is 24.0. The van der Waals surface area contributed by atoms with Crippen molar-refractivity contribution in [1.82, 2.24) is 15.0 Å². The molecule has 1 heterocycles. The third-order valence-corrected chi connectivity index (χ3v) is 5.96. The number of hydrogen-bond acceptors (Lipinski definition) is 8. The first kappa shape index (κ1) is 24.1. The molecule has 10 nitrogen and oxygen atoms in total. The lowest BCUT2D eigenvalue weighted by atomic mass is 10.2. The molecule has 0 unspecified atom stereocenters. The SMILES string of the molecule is CCOc1ccc(-c2noc(CN(C)C(=O)COc3ccc(N(C)S(C)(=O)=O)cc3)n2)cc1. The minimum Gasteiger partial charge on any atom is -0.494 e. The lowest BCUT2D eigenvalue weighted by Gasteiger charge is -2.17. The summed E-state index contributed by atoms with van der Waals surface area (Å²) in [4.78, 5) is 18.2. The van der Waals surface area contributed by atoms with Crippen molar-refractivity contribution in [2.75, 3.05) is 37.9 Å². The zero-order valence-corrected chi connectivity index (χ0v) is 19.7. The zero-order valence-electron chi connectivity index (χ0n) is 18.9. The van der Waals surface area contributed by atoms with Crippen molar-refractivity contribution in [3.63, 3.8) is 0 Å². The molecule has 0 atom stereocenters. The molecule has 0 spiro atoms. The van der Waals surface area contributed by atoms with Crippen LogP contribution in [0, 0.1) is 0 Å². The maximum absolute atomic E-state index is 12.4. The van der Waals surface area contributed by atoms with Crippen LogP contribution in [0.1, 0.15) is 12.8 Å². The number of sulfonamides is 1. The molecule has 0 bridgehead atoms. The summed E-state index contributed by atoms with van der Waals surface area (Å²) in [5.41, 5.74) is 1.27. The Morgan fingerprint density at radius 2 is 1.61 bits per heavy atom. The number of rotatable bonds is 10. The number of benzene rings is 2. The summed E-state index contributed by atoms with van der Waals surface area (Å²) < 4.78 is 40.5. The highest BCUT2D eigenvalue weighted by molar-refractivity contribution is 7.92. The summed E-state index contributed by atoms with van der Waals surface area (Å²) in [6, 6.07) is 13.7. The normalized spacial score (nSPS) is 11.2. The van der Waals surface area contributed by atoms with Gasteiger partial charge in [0, 0.05) is 19.7 Å². The molecular formula is C22H26N4O6S. The van der Waals surface area contributed by atoms with Gasteiger partial charge in [0.1, 0.15) is 11.5 Å². The Hall–Kier alpha value is -3.60. The molecule has 0 saturated heterocycles. The molecule has 11 heteroatoms. The van der Waals surface area contributed by atoms with Crippen LogP contribution >= 0.6 is 0 Å². The summed E-state index contributed by atoms with van der Waals surface area (Å²) in [5, 5.41) is 3.96. The predicted molar refractivity (Wildman–Crippen MR) is 123 cm³/mol. The van der Waals surface area contributed by atoms with Gasteiger partial charge in [0.05, 0.1) is 25.1 Å². The van der Waals surface area contributed by atoms with Crippen molar-refractivity contribution in [3.05, 3.63) is 54.4 Å². The van der Waals surface area contributed by atoms with Crippen LogP contribution in [-0.2, 0) is 21.4 Å². The number of carbonyl (C=O) groups is 1. The first-order valence-corrected chi connectivity index (χ1v) is 12.0. The minimum atomic E-state index is -3.35. The molecule has 0 aliphatic rings. The van der Waals surface area contributed by atoms with Gasteiger partial charge in [0.15, 0.2) is 6.61 Å². The number of hydrogen-bond donors (Lipinski definition) is 0. The molecule has 33 heavy (non-hydrogen) atoms. The first-order valence-electron chi connectivity index (χ1n) is 10.1. The van der Waals surface area contributed by atoms with Gasteiger partial charge in [0.25, 0.3) is 5.91 Å². The Morgan fingerprint density at radius 1 is 1.00 bits per heavy atom. The summed E-state index contributed by atoms with van der Waals surface area (Å²) in [5.74, 6) is 1.63. The Kier molecular flexibility index (Phi) is 7.54. The lowest BCUT2D eigenvalue weighted by molar-refractivity contribution is -0.132. The summed E-state index contributed by atoms with van der Waals surface area (Å²) in [6.45, 7) is 2.43. The Balaban J connectivity index is 1.53. The molecule has 0 aliphatic carbocycles. The number of ether oxygens (including phenoxy) is 2. The Morgan fingerprint density at radius 3 is 2.21 bits per heavy atom. The van der Waals surface area contributed by atoms with Gasteiger partial charge in [-0.25, -0.2) is 8.42 Å². The topological polar surface area (TPSA) is 115 Å². The van der Waals surface area contributed by atoms with Gasteiger partial charge in [0.2, 0.25) is 21.7 Å². The first-order chi connectivity index (χ1) is 15.7. The summed E-state index contributed by atoms with van der Waals surface area (Å²) in [7, 11) is -0.281. The monoisotopic (exact) mass is 474 g/mol. The van der Waals surface area contributed by atoms with Crippen molar-refractivity contribution in [2.24, 2.45) is 0 Å². The number of nitrogens with zero attached hydrogens (tertiary/aromatic N) is 4. The van der Waals surface area contributed by atoms with Gasteiger partial charge in [-0.1, -0.05) is 5.16 Å². The fourth-order valence-corrected chi connectivity index (χ4v) is 3.30. The van der Waals surface area contributed by atoms with Crippen LogP contribution in [0.5, 0.6) is 11.5 Å². The van der Waals surface area contributed by atoms with Gasteiger partial charge in [-0.15, -0.1) is 0 Å². The van der Waals surface area contributed by atoms with Crippen LogP contribution in [0.4, 0.5) is 5.69 Å². The second-order valence-corrected chi connectivity index (χ2v) is 9.25. The van der Waals surface area contributed by atoms with Gasteiger partial charge < -0.3 is 18.9 Å². The highest BCUT2D eigenvalue weighted by Crippen LogP contribution is 2.21. The molecule has 0 aliphatic heterocycles. The van der Waals surface area contributed by atoms with Gasteiger partial charge >= 0.3 is 0 Å². The van der Waals surface area contributed by atoms with E-state index in [1.165, 1.54) is 11.9 Å². The fraction of sp³-hybridized carbons (Fsp3) is 0.318. The number of aromatic nitrogens is 2. The third kappa shape index (κ3) is 6.45. The number of carbonyl (C=O) groups excluding carboxylic acids is 1. The van der Waals surface area contributed by atoms with Crippen LogP contribution in [-0.4, -0.2) is 62.9 Å². The molecule has 0 saturated carbocycles. The van der Waals surface area contributed by atoms with E-state index in [9.17, 15) is 13.2 Å². The maximum atomic E-state index is 12.4. The smallest absolute Gasteiger partial charge is 0.260 e. The Labute approximate surface area is 192 Å². The van der Waals surface area contributed by atoms with Crippen LogP contribution in [0.25, 0.3) is 11.4 Å². The molecule has 176 valence electrons. The van der Waals surface area contributed by atoms with E-state index in [2.05, 4.69) is 10.1 Å². The molecule has 1 aromatic heterocycles. The number of amides is 1. The van der Waals surface area contributed by atoms with E-state index in [0.29, 0.717) is 29.8 Å². The van der Waals surface area contributed by atoms with Crippen molar-refractivity contribution in [2.45, 2.75) is 13.5 Å². The molecule has 2 aromatic carbocycles. The number of anilines is 1. The van der Waals surface area contributed by atoms with E-state index in [0.717, 1.165) is 21.9 Å². The second kappa shape index (κ2) is 10.3. The van der Waals surface area contributed by atoms with Gasteiger partial charge in [-0.2, -0.15) is 4.98 Å². The highest BCUT2D eigenvalue weighted by atomic mass is 32.2. The van der Waals surface area contributed by atoms with Crippen molar-refractivity contribution >= 4 is 21.6 Å². The predicted octanol–water partition coefficient (Wildman–Crippen LogP) is 2.57. The van der Waals surface area contributed by atoms with E-state index in [1.54, 1.807) is 31.3 Å². The van der Waals surface area contributed by atoms with Gasteiger partial charge in [-0.05, 0) is 55.5 Å². The largest absolute Gasteiger partial charge is 0.494 e. The fourth-order valence-electron chi connectivity index (χ4n) is 2.79. The van der Waals surface area contributed by atoms with Crippen molar-refractivity contribution in [3.8, 4) is 22.9 Å². The molecule has 1 amide bonds. The molecule has 3 rings (SSSR count). The summed E-state index contributed by atoms with van der Waals surface area (Å²) >= 11 is 0. The molecular weight excluding hydrogens is 448 g/mol. The van der Waals surface area contributed by atoms with Gasteiger partial charge in [-0.3, -0.25) is 9.10 Å². The van der Waals surface area contributed by atoms with Crippen LogP contribution in [0.15, 0.2) is 53.1 Å². The van der Waals surface area contributed by atoms with Crippen LogP contribution in [0.2, 0.25) is 0 Å². The standard InChI is InChI=1S/C22H26N4O6S/c1-5-30-18-10-6-16(7-11-18)22-23-20(32-24-22)14-25(2)21(27)15-31-19-12-8-17(9-13-19)26(3)33(4,28)29/h6-13H,5,14-15H2,1-4H3. The van der Waals surface area contributed by atoms with E-state index >= 15 is 0 Å². The van der Waals surface area contributed by atoms with Crippen molar-refractivity contribution < 1.29 is 27.2 Å². The molecule has 0 N–H and O–H groups in total. The van der Waals surface area contributed by atoms with Crippen LogP contribution < -0.4 is 13.8 Å². The van der Waals surface area contributed by atoms with Crippen molar-refractivity contribution in [1.29, 1.82) is 0 Å². The average Bonchev–Trinajstić information content (AvgIpc) is 3.26. The van der Waals surface area contributed by atoms with E-state index < -0.39 is 10.0 Å². The van der Waals surface area contributed by atoms with Crippen LogP contribution in [0.3, 0.4) is 0 Å². The molecule has 0 fully saturated rings. The second-order valence-electron chi connectivity index (χ2n) is 7.23. The maximum Gasteiger partial charge on any atom is 0.260 e. The molecule has 0 radical (unpaired) electrons. The lowest BCUT2D eigenvalue weighted by Crippen LogP contribution is -2.31. The minimum absolute atomic E-state index is 0.129. The molecule has 3 aromatic rings. The van der Waals surface area contributed by atoms with E-state index in [1.807, 2.05) is 31.2 Å². The third-order valence-electron chi connectivity index (χ3n) is 4.75.